The average molecular weight is 259 g/mol. The number of aromatic nitrogens is 1. The van der Waals surface area contributed by atoms with Crippen LogP contribution < -0.4 is 0 Å². The number of oxazole rings is 1. The van der Waals surface area contributed by atoms with E-state index in [0.717, 1.165) is 18.0 Å². The summed E-state index contributed by atoms with van der Waals surface area (Å²) in [5.41, 5.74) is 0.0505. The topological polar surface area (TPSA) is 89.6 Å². The summed E-state index contributed by atoms with van der Waals surface area (Å²) in [5, 5.41) is 8.37. The van der Waals surface area contributed by atoms with Crippen LogP contribution in [0.2, 0.25) is 0 Å². The molecule has 1 heterocycles. The lowest BCUT2D eigenvalue weighted by Gasteiger charge is -2.04. The van der Waals surface area contributed by atoms with Crippen LogP contribution >= 0.6 is 11.8 Å². The number of carboxylic acid groups (broad SMARTS) is 1. The number of hydrogen-bond acceptors (Lipinski definition) is 6. The van der Waals surface area contributed by atoms with E-state index in [4.69, 9.17) is 14.3 Å². The minimum Gasteiger partial charge on any atom is -0.480 e. The van der Waals surface area contributed by atoms with Gasteiger partial charge in [-0.2, -0.15) is 4.98 Å². The predicted molar refractivity (Wildman–Crippen MR) is 60.0 cm³/mol. The van der Waals surface area contributed by atoms with E-state index in [1.54, 1.807) is 13.8 Å². The van der Waals surface area contributed by atoms with Crippen molar-refractivity contribution in [2.24, 2.45) is 0 Å². The number of hydrogen-bond donors (Lipinski definition) is 1. The van der Waals surface area contributed by atoms with Gasteiger partial charge in [0.15, 0.2) is 5.69 Å². The molecule has 0 amide bonds. The maximum atomic E-state index is 11.3. The van der Waals surface area contributed by atoms with Gasteiger partial charge in [0.25, 0.3) is 5.22 Å². The lowest BCUT2D eigenvalue weighted by atomic mass is 10.3. The van der Waals surface area contributed by atoms with Gasteiger partial charge in [-0.15, -0.1) is 0 Å². The largest absolute Gasteiger partial charge is 0.480 e. The summed E-state index contributed by atoms with van der Waals surface area (Å²) in [4.78, 5) is 25.9. The van der Waals surface area contributed by atoms with Gasteiger partial charge >= 0.3 is 11.9 Å². The van der Waals surface area contributed by atoms with Crippen molar-refractivity contribution in [3.8, 4) is 0 Å². The Labute approximate surface area is 102 Å². The Bertz CT molecular complexity index is 403. The third-order valence-electron chi connectivity index (χ3n) is 1.86. The summed E-state index contributed by atoms with van der Waals surface area (Å²) in [5.74, 6) is -1.51. The molecule has 17 heavy (non-hydrogen) atoms. The van der Waals surface area contributed by atoms with Crippen LogP contribution in [0, 0.1) is 0 Å². The number of nitrogens with zero attached hydrogens (tertiary/aromatic N) is 1. The standard InChI is InChI=1S/C10H13NO5S/c1-3-7(8(12)13)17-10-11-6(5-16-10)9(14)15-4-2/h5,7H,3-4H2,1-2H3,(H,12,13). The Morgan fingerprint density at radius 1 is 1.59 bits per heavy atom. The van der Waals surface area contributed by atoms with Crippen molar-refractivity contribution >= 4 is 23.7 Å². The molecule has 0 aliphatic rings. The van der Waals surface area contributed by atoms with E-state index in [1.807, 2.05) is 0 Å². The van der Waals surface area contributed by atoms with E-state index in [-0.39, 0.29) is 17.5 Å². The number of thioether (sulfide) groups is 1. The predicted octanol–water partition coefficient (Wildman–Crippen LogP) is 1.81. The second-order valence-electron chi connectivity index (χ2n) is 3.07. The van der Waals surface area contributed by atoms with Crippen molar-refractivity contribution in [1.29, 1.82) is 0 Å². The van der Waals surface area contributed by atoms with Crippen molar-refractivity contribution in [3.05, 3.63) is 12.0 Å². The van der Waals surface area contributed by atoms with Crippen LogP contribution in [0.25, 0.3) is 0 Å². The van der Waals surface area contributed by atoms with E-state index < -0.39 is 17.2 Å². The highest BCUT2D eigenvalue weighted by Crippen LogP contribution is 2.24. The quantitative estimate of drug-likeness (QED) is 0.615. The number of carbonyl (C=O) groups is 2. The van der Waals surface area contributed by atoms with Gasteiger partial charge in [-0.25, -0.2) is 4.79 Å². The number of aliphatic carboxylic acids is 1. The number of carbonyl (C=O) groups excluding carboxylic acids is 1. The van der Waals surface area contributed by atoms with Crippen LogP contribution in [0.3, 0.4) is 0 Å². The molecule has 0 aliphatic carbocycles. The van der Waals surface area contributed by atoms with Crippen molar-refractivity contribution in [2.45, 2.75) is 30.7 Å². The number of carboxylic acids is 1. The second kappa shape index (κ2) is 6.29. The first-order chi connectivity index (χ1) is 8.08. The van der Waals surface area contributed by atoms with Crippen molar-refractivity contribution in [2.75, 3.05) is 6.61 Å². The minimum atomic E-state index is -0.937. The molecule has 0 radical (unpaired) electrons. The van der Waals surface area contributed by atoms with Crippen LogP contribution in [0.5, 0.6) is 0 Å². The third-order valence-corrected chi connectivity index (χ3v) is 3.07. The molecule has 0 aliphatic heterocycles. The van der Waals surface area contributed by atoms with E-state index in [1.165, 1.54) is 0 Å². The van der Waals surface area contributed by atoms with E-state index in [0.29, 0.717) is 6.42 Å². The third kappa shape index (κ3) is 3.77. The number of rotatable bonds is 6. The normalized spacial score (nSPS) is 12.1. The zero-order valence-electron chi connectivity index (χ0n) is 9.50. The van der Waals surface area contributed by atoms with Crippen LogP contribution in [-0.4, -0.2) is 33.9 Å². The zero-order chi connectivity index (χ0) is 12.8. The fourth-order valence-corrected chi connectivity index (χ4v) is 1.81. The minimum absolute atomic E-state index is 0.0505. The summed E-state index contributed by atoms with van der Waals surface area (Å²) >= 11 is 0.968. The summed E-state index contributed by atoms with van der Waals surface area (Å²) in [6, 6.07) is 0. The molecule has 0 bridgehead atoms. The average Bonchev–Trinajstić information content (AvgIpc) is 2.74. The summed E-state index contributed by atoms with van der Waals surface area (Å²) in [7, 11) is 0. The van der Waals surface area contributed by atoms with Gasteiger partial charge in [0, 0.05) is 0 Å². The molecule has 0 saturated heterocycles. The molecule has 7 heteroatoms. The van der Waals surface area contributed by atoms with Gasteiger partial charge in [0.05, 0.1) is 6.61 Å². The van der Waals surface area contributed by atoms with Gasteiger partial charge in [0.1, 0.15) is 11.5 Å². The number of ether oxygens (including phenoxy) is 1. The smallest absolute Gasteiger partial charge is 0.360 e. The Balaban J connectivity index is 2.68. The fraction of sp³-hybridized carbons (Fsp3) is 0.500. The highest BCUT2D eigenvalue weighted by molar-refractivity contribution is 8.00. The first kappa shape index (κ1) is 13.6. The molecule has 1 unspecified atom stereocenters. The summed E-state index contributed by atoms with van der Waals surface area (Å²) in [6.45, 7) is 3.69. The summed E-state index contributed by atoms with van der Waals surface area (Å²) < 4.78 is 9.74. The highest BCUT2D eigenvalue weighted by atomic mass is 32.2. The second-order valence-corrected chi connectivity index (χ2v) is 4.23. The van der Waals surface area contributed by atoms with Gasteiger partial charge in [-0.1, -0.05) is 18.7 Å². The molecule has 94 valence electrons. The van der Waals surface area contributed by atoms with E-state index in [9.17, 15) is 9.59 Å². The molecule has 0 spiro atoms. The molecular formula is C10H13NO5S. The Morgan fingerprint density at radius 2 is 2.29 bits per heavy atom. The molecule has 1 aromatic heterocycles. The molecule has 0 saturated carbocycles. The molecule has 1 rings (SSSR count). The van der Waals surface area contributed by atoms with Crippen molar-refractivity contribution < 1.29 is 23.8 Å². The van der Waals surface area contributed by atoms with Crippen molar-refractivity contribution in [1.82, 2.24) is 4.98 Å². The fourth-order valence-electron chi connectivity index (χ4n) is 1.04. The van der Waals surface area contributed by atoms with Crippen molar-refractivity contribution in [3.63, 3.8) is 0 Å². The summed E-state index contributed by atoms with van der Waals surface area (Å²) in [6.07, 6.45) is 1.60. The van der Waals surface area contributed by atoms with Crippen LogP contribution in [-0.2, 0) is 9.53 Å². The van der Waals surface area contributed by atoms with E-state index >= 15 is 0 Å². The lowest BCUT2D eigenvalue weighted by Crippen LogP contribution is -2.14. The number of esters is 1. The van der Waals surface area contributed by atoms with Gasteiger partial charge < -0.3 is 14.3 Å². The van der Waals surface area contributed by atoms with Gasteiger partial charge in [0.2, 0.25) is 0 Å². The van der Waals surface area contributed by atoms with Gasteiger partial charge in [-0.3, -0.25) is 4.79 Å². The molecule has 1 N–H and O–H groups in total. The molecule has 1 atom stereocenters. The SMILES string of the molecule is CCOC(=O)c1coc(SC(CC)C(=O)O)n1. The molecule has 0 fully saturated rings. The Hall–Kier alpha value is -1.50. The van der Waals surface area contributed by atoms with E-state index in [2.05, 4.69) is 4.98 Å². The molecule has 1 aromatic rings. The zero-order valence-corrected chi connectivity index (χ0v) is 10.3. The van der Waals surface area contributed by atoms with Crippen LogP contribution in [0.15, 0.2) is 15.9 Å². The Kier molecular flexibility index (Phi) is 5.02. The first-order valence-electron chi connectivity index (χ1n) is 5.10. The molecule has 6 nitrogen and oxygen atoms in total. The first-order valence-corrected chi connectivity index (χ1v) is 5.98. The Morgan fingerprint density at radius 3 is 2.82 bits per heavy atom. The van der Waals surface area contributed by atoms with Crippen LogP contribution in [0.4, 0.5) is 0 Å². The maximum Gasteiger partial charge on any atom is 0.360 e. The highest BCUT2D eigenvalue weighted by Gasteiger charge is 2.21. The molecular weight excluding hydrogens is 246 g/mol. The molecule has 0 aromatic carbocycles. The monoisotopic (exact) mass is 259 g/mol. The van der Waals surface area contributed by atoms with Crippen LogP contribution in [0.1, 0.15) is 30.8 Å². The lowest BCUT2D eigenvalue weighted by molar-refractivity contribution is -0.136. The van der Waals surface area contributed by atoms with Gasteiger partial charge in [-0.05, 0) is 13.3 Å². The maximum absolute atomic E-state index is 11.3.